The summed E-state index contributed by atoms with van der Waals surface area (Å²) in [6.45, 7) is 6.19. The average Bonchev–Trinajstić information content (AvgIpc) is 2.87. The summed E-state index contributed by atoms with van der Waals surface area (Å²) in [4.78, 5) is 14.7. The van der Waals surface area contributed by atoms with Crippen LogP contribution in [0, 0.1) is 5.92 Å². The Balaban J connectivity index is 1.76. The molecule has 2 nitrogen and oxygen atoms in total. The zero-order chi connectivity index (χ0) is 13.5. The lowest BCUT2D eigenvalue weighted by atomic mass is 9.82. The Kier molecular flexibility index (Phi) is 6.09. The summed E-state index contributed by atoms with van der Waals surface area (Å²) < 4.78 is 0. The Morgan fingerprint density at radius 2 is 2.05 bits per heavy atom. The third-order valence-electron chi connectivity index (χ3n) is 4.83. The molecule has 2 atom stereocenters. The molecule has 19 heavy (non-hydrogen) atoms. The maximum atomic E-state index is 12.1. The van der Waals surface area contributed by atoms with Crippen molar-refractivity contribution in [2.24, 2.45) is 5.92 Å². The van der Waals surface area contributed by atoms with Crippen molar-refractivity contribution in [3.8, 4) is 0 Å². The Hall–Kier alpha value is -0.630. The zero-order valence-electron chi connectivity index (χ0n) is 12.3. The van der Waals surface area contributed by atoms with E-state index in [0.717, 1.165) is 25.7 Å². The number of unbranched alkanes of at least 4 members (excludes halogenated alkanes) is 3. The summed E-state index contributed by atoms with van der Waals surface area (Å²) in [7, 11) is 0. The van der Waals surface area contributed by atoms with Crippen LogP contribution in [0.1, 0.15) is 64.2 Å². The van der Waals surface area contributed by atoms with E-state index in [1.165, 1.54) is 51.6 Å². The van der Waals surface area contributed by atoms with Gasteiger partial charge < -0.3 is 0 Å². The molecule has 1 aliphatic heterocycles. The van der Waals surface area contributed by atoms with E-state index in [1.54, 1.807) is 0 Å². The molecule has 0 aromatic rings. The number of Topliss-reactive ketones (excluding diaryl/α,β-unsaturated/α-hetero) is 1. The van der Waals surface area contributed by atoms with Gasteiger partial charge in [0.05, 0.1) is 0 Å². The van der Waals surface area contributed by atoms with Crippen LogP contribution in [-0.4, -0.2) is 29.8 Å². The van der Waals surface area contributed by atoms with E-state index in [2.05, 4.69) is 11.5 Å². The third-order valence-corrected chi connectivity index (χ3v) is 4.83. The second kappa shape index (κ2) is 7.84. The van der Waals surface area contributed by atoms with Crippen LogP contribution in [-0.2, 0) is 4.79 Å². The molecule has 0 N–H and O–H groups in total. The Morgan fingerprint density at radius 1 is 1.16 bits per heavy atom. The summed E-state index contributed by atoms with van der Waals surface area (Å²) in [5.74, 6) is 0.916. The molecule has 108 valence electrons. The molecule has 1 heterocycles. The molecule has 2 rings (SSSR count). The summed E-state index contributed by atoms with van der Waals surface area (Å²) in [5.41, 5.74) is 0. The van der Waals surface area contributed by atoms with Gasteiger partial charge in [-0.05, 0) is 58.0 Å². The molecule has 2 heteroatoms. The molecule has 2 aliphatic rings. The van der Waals surface area contributed by atoms with Gasteiger partial charge in [0.25, 0.3) is 0 Å². The van der Waals surface area contributed by atoms with Crippen LogP contribution in [0.3, 0.4) is 0 Å². The van der Waals surface area contributed by atoms with Gasteiger partial charge in [-0.1, -0.05) is 18.9 Å². The molecule has 0 radical (unpaired) electrons. The molecule has 1 saturated heterocycles. The Bertz CT molecular complexity index is 300. The standard InChI is InChI=1S/C17H29NO/c1-2-3-4-5-8-13-18-14-9-11-16(18)15-10-6-7-12-17(15)19/h2,15-16H,1,3-14H2. The van der Waals surface area contributed by atoms with E-state index in [0.29, 0.717) is 17.7 Å². The fraction of sp³-hybridized carbons (Fsp3) is 0.824. The number of carbonyl (C=O) groups is 1. The highest BCUT2D eigenvalue weighted by Gasteiger charge is 2.36. The SMILES string of the molecule is C=CCCCCCN1CCCC1C1CCCCC1=O. The van der Waals surface area contributed by atoms with Crippen LogP contribution in [0.25, 0.3) is 0 Å². The van der Waals surface area contributed by atoms with Crippen molar-refractivity contribution in [3.05, 3.63) is 12.7 Å². The first-order chi connectivity index (χ1) is 9.33. The van der Waals surface area contributed by atoms with Crippen molar-refractivity contribution in [2.75, 3.05) is 13.1 Å². The number of hydrogen-bond donors (Lipinski definition) is 0. The van der Waals surface area contributed by atoms with Gasteiger partial charge in [-0.2, -0.15) is 0 Å². The minimum atomic E-state index is 0.365. The summed E-state index contributed by atoms with van der Waals surface area (Å²) in [5, 5.41) is 0. The molecule has 1 aliphatic carbocycles. The molecule has 0 spiro atoms. The predicted octanol–water partition coefficient (Wildman–Crippen LogP) is 3.96. The average molecular weight is 263 g/mol. The van der Waals surface area contributed by atoms with Gasteiger partial charge in [-0.3, -0.25) is 9.69 Å². The quantitative estimate of drug-likeness (QED) is 0.512. The summed E-state index contributed by atoms with van der Waals surface area (Å²) in [6, 6.07) is 0.576. The van der Waals surface area contributed by atoms with E-state index >= 15 is 0 Å². The van der Waals surface area contributed by atoms with Crippen molar-refractivity contribution in [1.29, 1.82) is 0 Å². The van der Waals surface area contributed by atoms with Gasteiger partial charge in [-0.15, -0.1) is 6.58 Å². The summed E-state index contributed by atoms with van der Waals surface area (Å²) >= 11 is 0. The summed E-state index contributed by atoms with van der Waals surface area (Å²) in [6.07, 6.45) is 13.9. The molecular weight excluding hydrogens is 234 g/mol. The number of hydrogen-bond acceptors (Lipinski definition) is 2. The van der Waals surface area contributed by atoms with Gasteiger partial charge in [0.1, 0.15) is 5.78 Å². The number of ketones is 1. The number of carbonyl (C=O) groups excluding carboxylic acids is 1. The smallest absolute Gasteiger partial charge is 0.137 e. The maximum absolute atomic E-state index is 12.1. The van der Waals surface area contributed by atoms with Gasteiger partial charge in [0.15, 0.2) is 0 Å². The van der Waals surface area contributed by atoms with Gasteiger partial charge in [0, 0.05) is 18.4 Å². The zero-order valence-corrected chi connectivity index (χ0v) is 12.3. The van der Waals surface area contributed by atoms with Crippen LogP contribution in [0.2, 0.25) is 0 Å². The molecule has 0 aromatic carbocycles. The van der Waals surface area contributed by atoms with Crippen molar-refractivity contribution in [3.63, 3.8) is 0 Å². The van der Waals surface area contributed by atoms with Crippen LogP contribution in [0.5, 0.6) is 0 Å². The van der Waals surface area contributed by atoms with Crippen LogP contribution in [0.15, 0.2) is 12.7 Å². The first-order valence-corrected chi connectivity index (χ1v) is 8.20. The van der Waals surface area contributed by atoms with E-state index in [9.17, 15) is 4.79 Å². The maximum Gasteiger partial charge on any atom is 0.137 e. The largest absolute Gasteiger partial charge is 0.300 e. The van der Waals surface area contributed by atoms with Crippen LogP contribution in [0.4, 0.5) is 0 Å². The third kappa shape index (κ3) is 4.17. The molecule has 2 fully saturated rings. The van der Waals surface area contributed by atoms with E-state index in [4.69, 9.17) is 0 Å². The minimum absolute atomic E-state index is 0.365. The molecular formula is C17H29NO. The van der Waals surface area contributed by atoms with Gasteiger partial charge in [0.2, 0.25) is 0 Å². The lowest BCUT2D eigenvalue weighted by molar-refractivity contribution is -0.126. The van der Waals surface area contributed by atoms with Crippen molar-refractivity contribution >= 4 is 5.78 Å². The van der Waals surface area contributed by atoms with Crippen molar-refractivity contribution < 1.29 is 4.79 Å². The number of allylic oxidation sites excluding steroid dienone is 1. The van der Waals surface area contributed by atoms with E-state index < -0.39 is 0 Å². The number of nitrogens with zero attached hydrogens (tertiary/aromatic N) is 1. The fourth-order valence-corrected chi connectivity index (χ4v) is 3.78. The highest BCUT2D eigenvalue weighted by molar-refractivity contribution is 5.82. The fourth-order valence-electron chi connectivity index (χ4n) is 3.78. The highest BCUT2D eigenvalue weighted by atomic mass is 16.1. The Labute approximate surface area is 118 Å². The van der Waals surface area contributed by atoms with Crippen molar-refractivity contribution in [2.45, 2.75) is 70.3 Å². The second-order valence-corrected chi connectivity index (χ2v) is 6.20. The second-order valence-electron chi connectivity index (χ2n) is 6.20. The molecule has 1 saturated carbocycles. The lowest BCUT2D eigenvalue weighted by Gasteiger charge is -2.33. The Morgan fingerprint density at radius 3 is 2.84 bits per heavy atom. The topological polar surface area (TPSA) is 20.3 Å². The normalized spacial score (nSPS) is 28.7. The monoisotopic (exact) mass is 263 g/mol. The highest BCUT2D eigenvalue weighted by Crippen LogP contribution is 2.32. The van der Waals surface area contributed by atoms with Crippen LogP contribution < -0.4 is 0 Å². The van der Waals surface area contributed by atoms with Crippen molar-refractivity contribution in [1.82, 2.24) is 4.90 Å². The number of rotatable bonds is 7. The molecule has 0 bridgehead atoms. The number of likely N-dealkylation sites (tertiary alicyclic amines) is 1. The van der Waals surface area contributed by atoms with Gasteiger partial charge >= 0.3 is 0 Å². The van der Waals surface area contributed by atoms with E-state index in [-0.39, 0.29) is 0 Å². The first kappa shape index (κ1) is 14.8. The first-order valence-electron chi connectivity index (χ1n) is 8.20. The molecule has 2 unspecified atom stereocenters. The predicted molar refractivity (Wildman–Crippen MR) is 80.2 cm³/mol. The van der Waals surface area contributed by atoms with E-state index in [1.807, 2.05) is 6.08 Å². The molecule has 0 amide bonds. The van der Waals surface area contributed by atoms with Crippen LogP contribution >= 0.6 is 0 Å². The molecule has 0 aromatic heterocycles. The lowest BCUT2D eigenvalue weighted by Crippen LogP contribution is -2.41. The minimum Gasteiger partial charge on any atom is -0.300 e. The van der Waals surface area contributed by atoms with Gasteiger partial charge in [-0.25, -0.2) is 0 Å².